The molecular formula is C17H14OS2. The zero-order chi connectivity index (χ0) is 13.5. The molecule has 0 radical (unpaired) electrons. The molecule has 2 aliphatic rings. The maximum atomic E-state index is 12.2. The molecule has 0 fully saturated rings. The van der Waals surface area contributed by atoms with Crippen LogP contribution in [0.15, 0.2) is 46.9 Å². The molecule has 2 aromatic carbocycles. The number of thioether (sulfide) groups is 2. The molecule has 0 saturated heterocycles. The second kappa shape index (κ2) is 4.97. The number of hydrogen-bond donors (Lipinski definition) is 0. The van der Waals surface area contributed by atoms with Crippen LogP contribution in [-0.2, 0) is 4.79 Å². The molecule has 0 unspecified atom stereocenters. The van der Waals surface area contributed by atoms with Crippen molar-refractivity contribution in [2.24, 2.45) is 0 Å². The molecule has 2 aliphatic heterocycles. The van der Waals surface area contributed by atoms with Gasteiger partial charge in [-0.3, -0.25) is 4.79 Å². The molecule has 0 saturated carbocycles. The van der Waals surface area contributed by atoms with E-state index in [9.17, 15) is 4.79 Å². The molecule has 3 heteroatoms. The minimum absolute atomic E-state index is 0.361. The third-order valence-electron chi connectivity index (χ3n) is 3.91. The first kappa shape index (κ1) is 12.5. The predicted octanol–water partition coefficient (Wildman–Crippen LogP) is 4.75. The van der Waals surface area contributed by atoms with Gasteiger partial charge in [0.25, 0.3) is 0 Å². The van der Waals surface area contributed by atoms with E-state index >= 15 is 0 Å². The standard InChI is InChI=1S/C17H14OS2/c18-15-8-10-20-17-13(15)7-9-19-16-12-4-2-1-3-11(12)5-6-14(16)17/h1-6H,7-10H2. The van der Waals surface area contributed by atoms with E-state index in [0.29, 0.717) is 12.2 Å². The monoisotopic (exact) mass is 298 g/mol. The molecule has 20 heavy (non-hydrogen) atoms. The van der Waals surface area contributed by atoms with Crippen LogP contribution in [0.3, 0.4) is 0 Å². The van der Waals surface area contributed by atoms with Crippen LogP contribution in [0.25, 0.3) is 15.7 Å². The Morgan fingerprint density at radius 3 is 2.70 bits per heavy atom. The van der Waals surface area contributed by atoms with Crippen LogP contribution in [0, 0.1) is 0 Å². The van der Waals surface area contributed by atoms with Crippen LogP contribution < -0.4 is 0 Å². The molecule has 2 heterocycles. The average Bonchev–Trinajstić information content (AvgIpc) is 2.68. The number of ketones is 1. The molecule has 2 aromatic rings. The van der Waals surface area contributed by atoms with Crippen molar-refractivity contribution in [2.75, 3.05) is 11.5 Å². The number of carbonyl (C=O) groups excluding carboxylic acids is 1. The first-order chi connectivity index (χ1) is 9.84. The number of carbonyl (C=O) groups is 1. The highest BCUT2D eigenvalue weighted by Crippen LogP contribution is 2.46. The number of allylic oxidation sites excluding steroid dienone is 1. The highest BCUT2D eigenvalue weighted by atomic mass is 32.2. The lowest BCUT2D eigenvalue weighted by Gasteiger charge is -2.18. The third kappa shape index (κ3) is 1.92. The maximum Gasteiger partial charge on any atom is 0.160 e. The van der Waals surface area contributed by atoms with Gasteiger partial charge in [-0.2, -0.15) is 0 Å². The zero-order valence-electron chi connectivity index (χ0n) is 11.0. The van der Waals surface area contributed by atoms with Crippen LogP contribution in [0.2, 0.25) is 0 Å². The first-order valence-electron chi connectivity index (χ1n) is 6.88. The van der Waals surface area contributed by atoms with Crippen molar-refractivity contribution in [3.8, 4) is 0 Å². The van der Waals surface area contributed by atoms with E-state index < -0.39 is 0 Å². The highest BCUT2D eigenvalue weighted by molar-refractivity contribution is 8.08. The number of Topliss-reactive ketones (excluding diaryl/α,β-unsaturated/α-hetero) is 1. The normalized spacial score (nSPS) is 18.7. The van der Waals surface area contributed by atoms with E-state index in [0.717, 1.165) is 23.5 Å². The summed E-state index contributed by atoms with van der Waals surface area (Å²) in [6.07, 6.45) is 1.62. The van der Waals surface area contributed by atoms with Crippen molar-refractivity contribution in [3.05, 3.63) is 47.5 Å². The fraction of sp³-hybridized carbons (Fsp3) is 0.235. The van der Waals surface area contributed by atoms with Crippen molar-refractivity contribution in [1.29, 1.82) is 0 Å². The van der Waals surface area contributed by atoms with Crippen molar-refractivity contribution < 1.29 is 4.79 Å². The Kier molecular flexibility index (Phi) is 3.12. The average molecular weight is 298 g/mol. The van der Waals surface area contributed by atoms with Crippen LogP contribution in [0.1, 0.15) is 18.4 Å². The van der Waals surface area contributed by atoms with Gasteiger partial charge in [-0.05, 0) is 17.2 Å². The second-order valence-electron chi connectivity index (χ2n) is 5.09. The van der Waals surface area contributed by atoms with Gasteiger partial charge in [-0.1, -0.05) is 36.4 Å². The Labute approximate surface area is 126 Å². The lowest BCUT2D eigenvalue weighted by molar-refractivity contribution is -0.115. The highest BCUT2D eigenvalue weighted by Gasteiger charge is 2.26. The smallest absolute Gasteiger partial charge is 0.160 e. The molecule has 1 nitrogen and oxygen atoms in total. The fourth-order valence-corrected chi connectivity index (χ4v) is 5.39. The molecule has 0 N–H and O–H groups in total. The summed E-state index contributed by atoms with van der Waals surface area (Å²) in [5, 5.41) is 2.61. The van der Waals surface area contributed by atoms with Crippen molar-refractivity contribution in [3.63, 3.8) is 0 Å². The van der Waals surface area contributed by atoms with Crippen molar-refractivity contribution in [2.45, 2.75) is 17.7 Å². The summed E-state index contributed by atoms with van der Waals surface area (Å²) in [4.78, 5) is 14.8. The van der Waals surface area contributed by atoms with Gasteiger partial charge in [0.15, 0.2) is 5.78 Å². The van der Waals surface area contributed by atoms with Gasteiger partial charge < -0.3 is 0 Å². The Morgan fingerprint density at radius 1 is 0.900 bits per heavy atom. The summed E-state index contributed by atoms with van der Waals surface area (Å²) < 4.78 is 0. The molecule has 0 amide bonds. The molecule has 0 aliphatic carbocycles. The summed E-state index contributed by atoms with van der Waals surface area (Å²) in [6.45, 7) is 0. The fourth-order valence-electron chi connectivity index (χ4n) is 2.94. The number of hydrogen-bond acceptors (Lipinski definition) is 3. The molecule has 4 rings (SSSR count). The largest absolute Gasteiger partial charge is 0.294 e. The number of benzene rings is 2. The molecule has 0 spiro atoms. The Balaban J connectivity index is 2.01. The van der Waals surface area contributed by atoms with Crippen LogP contribution in [0.5, 0.6) is 0 Å². The quantitative estimate of drug-likeness (QED) is 0.698. The van der Waals surface area contributed by atoms with Gasteiger partial charge in [0.1, 0.15) is 0 Å². The summed E-state index contributed by atoms with van der Waals surface area (Å²) in [5.74, 6) is 2.29. The van der Waals surface area contributed by atoms with E-state index in [4.69, 9.17) is 0 Å². The summed E-state index contributed by atoms with van der Waals surface area (Å²) >= 11 is 3.76. The van der Waals surface area contributed by atoms with Crippen LogP contribution >= 0.6 is 23.5 Å². The van der Waals surface area contributed by atoms with Crippen LogP contribution in [-0.4, -0.2) is 17.3 Å². The minimum atomic E-state index is 0.361. The van der Waals surface area contributed by atoms with Gasteiger partial charge in [0, 0.05) is 38.9 Å². The van der Waals surface area contributed by atoms with E-state index in [1.54, 1.807) is 0 Å². The molecule has 0 aromatic heterocycles. The molecule has 0 atom stereocenters. The van der Waals surface area contributed by atoms with Gasteiger partial charge in [0.05, 0.1) is 0 Å². The van der Waals surface area contributed by atoms with Gasteiger partial charge in [-0.25, -0.2) is 0 Å². The topological polar surface area (TPSA) is 17.1 Å². The van der Waals surface area contributed by atoms with Gasteiger partial charge >= 0.3 is 0 Å². The third-order valence-corrected chi connectivity index (χ3v) is 6.21. The summed E-state index contributed by atoms with van der Waals surface area (Å²) in [5.41, 5.74) is 2.35. The molecule has 100 valence electrons. The Morgan fingerprint density at radius 2 is 1.75 bits per heavy atom. The minimum Gasteiger partial charge on any atom is -0.294 e. The Hall–Kier alpha value is -1.19. The SMILES string of the molecule is O=C1CCSC2=C1CCSc1c2ccc2ccccc12. The zero-order valence-corrected chi connectivity index (χ0v) is 12.7. The van der Waals surface area contributed by atoms with Gasteiger partial charge in [-0.15, -0.1) is 23.5 Å². The molecule has 0 bridgehead atoms. The van der Waals surface area contributed by atoms with Crippen molar-refractivity contribution >= 4 is 45.0 Å². The van der Waals surface area contributed by atoms with E-state index in [1.165, 1.54) is 26.1 Å². The summed E-state index contributed by atoms with van der Waals surface area (Å²) in [7, 11) is 0. The number of rotatable bonds is 0. The second-order valence-corrected chi connectivity index (χ2v) is 7.30. The van der Waals surface area contributed by atoms with Crippen LogP contribution in [0.4, 0.5) is 0 Å². The van der Waals surface area contributed by atoms with Gasteiger partial charge in [0.2, 0.25) is 0 Å². The van der Waals surface area contributed by atoms with Crippen molar-refractivity contribution in [1.82, 2.24) is 0 Å². The van der Waals surface area contributed by atoms with E-state index in [1.807, 2.05) is 23.5 Å². The first-order valence-corrected chi connectivity index (χ1v) is 8.86. The Bertz CT molecular complexity index is 746. The number of fused-ring (bicyclic) bond motifs is 4. The predicted molar refractivity (Wildman–Crippen MR) is 88.3 cm³/mol. The summed E-state index contributed by atoms with van der Waals surface area (Å²) in [6, 6.07) is 12.9. The lowest BCUT2D eigenvalue weighted by Crippen LogP contribution is -2.10. The van der Waals surface area contributed by atoms with E-state index in [-0.39, 0.29) is 0 Å². The van der Waals surface area contributed by atoms with E-state index in [2.05, 4.69) is 36.4 Å². The lowest BCUT2D eigenvalue weighted by atomic mass is 10.00. The maximum absolute atomic E-state index is 12.2. The molecular weight excluding hydrogens is 284 g/mol.